The standard InChI is InChI=1S/C20H20ClN3O/c21-17-2-4-18(5-3-17)24-11-9-23(10-12-24)14-20(25)16-1-6-19-15(13-16)7-8-22-19/h1-8,13,22H,9-12,14H2. The van der Waals surface area contributed by atoms with Crippen LogP contribution in [0.2, 0.25) is 5.02 Å². The minimum Gasteiger partial charge on any atom is -0.369 e. The Morgan fingerprint density at radius 1 is 1.00 bits per heavy atom. The minimum absolute atomic E-state index is 0.183. The van der Waals surface area contributed by atoms with Crippen LogP contribution >= 0.6 is 11.6 Å². The molecule has 25 heavy (non-hydrogen) atoms. The molecule has 4 rings (SSSR count). The molecule has 3 aromatic rings. The summed E-state index contributed by atoms with van der Waals surface area (Å²) in [6.45, 7) is 4.10. The summed E-state index contributed by atoms with van der Waals surface area (Å²) in [7, 11) is 0. The number of halogens is 1. The minimum atomic E-state index is 0.183. The first-order valence-corrected chi connectivity index (χ1v) is 8.90. The van der Waals surface area contributed by atoms with Gasteiger partial charge in [-0.1, -0.05) is 11.6 Å². The molecule has 0 aliphatic carbocycles. The quantitative estimate of drug-likeness (QED) is 0.725. The van der Waals surface area contributed by atoms with E-state index < -0.39 is 0 Å². The molecule has 1 fully saturated rings. The predicted molar refractivity (Wildman–Crippen MR) is 103 cm³/mol. The zero-order chi connectivity index (χ0) is 17.2. The SMILES string of the molecule is O=C(CN1CCN(c2ccc(Cl)cc2)CC1)c1ccc2[nH]ccc2c1. The zero-order valence-electron chi connectivity index (χ0n) is 13.9. The second kappa shape index (κ2) is 6.90. The van der Waals surface area contributed by atoms with Crippen molar-refractivity contribution >= 4 is 34.0 Å². The van der Waals surface area contributed by atoms with Crippen molar-refractivity contribution in [1.82, 2.24) is 9.88 Å². The molecule has 0 spiro atoms. The molecule has 0 radical (unpaired) electrons. The molecule has 0 unspecified atom stereocenters. The Labute approximate surface area is 152 Å². The summed E-state index contributed by atoms with van der Waals surface area (Å²) in [4.78, 5) is 20.3. The van der Waals surface area contributed by atoms with E-state index in [1.807, 2.05) is 42.6 Å². The molecule has 5 heteroatoms. The van der Waals surface area contributed by atoms with E-state index in [0.29, 0.717) is 6.54 Å². The van der Waals surface area contributed by atoms with E-state index in [9.17, 15) is 4.79 Å². The predicted octanol–water partition coefficient (Wildman–Crippen LogP) is 3.83. The molecule has 4 nitrogen and oxygen atoms in total. The Balaban J connectivity index is 1.36. The van der Waals surface area contributed by atoms with E-state index in [1.165, 1.54) is 5.69 Å². The van der Waals surface area contributed by atoms with Gasteiger partial charge >= 0.3 is 0 Å². The first-order chi connectivity index (χ1) is 12.2. The van der Waals surface area contributed by atoms with Gasteiger partial charge in [-0.25, -0.2) is 0 Å². The average Bonchev–Trinajstić information content (AvgIpc) is 3.11. The first-order valence-electron chi connectivity index (χ1n) is 8.52. The van der Waals surface area contributed by atoms with Crippen molar-refractivity contribution in [2.75, 3.05) is 37.6 Å². The number of Topliss-reactive ketones (excluding diaryl/α,β-unsaturated/α-hetero) is 1. The van der Waals surface area contributed by atoms with Crippen LogP contribution in [0.3, 0.4) is 0 Å². The van der Waals surface area contributed by atoms with Crippen molar-refractivity contribution in [3.8, 4) is 0 Å². The molecule has 2 aromatic carbocycles. The number of aromatic amines is 1. The molecule has 1 saturated heterocycles. The summed E-state index contributed by atoms with van der Waals surface area (Å²) >= 11 is 5.95. The number of anilines is 1. The maximum absolute atomic E-state index is 12.6. The molecule has 2 heterocycles. The highest BCUT2D eigenvalue weighted by atomic mass is 35.5. The number of fused-ring (bicyclic) bond motifs is 1. The van der Waals surface area contributed by atoms with E-state index in [4.69, 9.17) is 11.6 Å². The van der Waals surface area contributed by atoms with Crippen LogP contribution in [-0.4, -0.2) is 48.4 Å². The second-order valence-corrected chi connectivity index (χ2v) is 6.88. The number of nitrogens with one attached hydrogen (secondary N) is 1. The lowest BCUT2D eigenvalue weighted by Crippen LogP contribution is -2.48. The van der Waals surface area contributed by atoms with E-state index in [-0.39, 0.29) is 5.78 Å². The monoisotopic (exact) mass is 353 g/mol. The molecular formula is C20H20ClN3O. The molecule has 0 amide bonds. The van der Waals surface area contributed by atoms with Crippen LogP contribution in [0.4, 0.5) is 5.69 Å². The van der Waals surface area contributed by atoms with Gasteiger partial charge in [0, 0.05) is 59.6 Å². The molecule has 1 aliphatic rings. The van der Waals surface area contributed by atoms with Crippen molar-refractivity contribution in [2.45, 2.75) is 0 Å². The van der Waals surface area contributed by atoms with E-state index >= 15 is 0 Å². The third-order valence-electron chi connectivity index (χ3n) is 4.81. The normalized spacial score (nSPS) is 15.6. The van der Waals surface area contributed by atoms with Gasteiger partial charge < -0.3 is 9.88 Å². The number of carbonyl (C=O) groups excluding carboxylic acids is 1. The van der Waals surface area contributed by atoms with Gasteiger partial charge in [0.25, 0.3) is 0 Å². The fourth-order valence-electron chi connectivity index (χ4n) is 3.34. The lowest BCUT2D eigenvalue weighted by Gasteiger charge is -2.35. The zero-order valence-corrected chi connectivity index (χ0v) is 14.7. The highest BCUT2D eigenvalue weighted by Crippen LogP contribution is 2.20. The number of aromatic nitrogens is 1. The average molecular weight is 354 g/mol. The van der Waals surface area contributed by atoms with E-state index in [2.05, 4.69) is 26.9 Å². The number of nitrogens with zero attached hydrogens (tertiary/aromatic N) is 2. The van der Waals surface area contributed by atoms with Crippen molar-refractivity contribution in [3.63, 3.8) is 0 Å². The van der Waals surface area contributed by atoms with Crippen molar-refractivity contribution < 1.29 is 4.79 Å². The molecule has 0 atom stereocenters. The summed E-state index contributed by atoms with van der Waals surface area (Å²) in [5.41, 5.74) is 3.04. The Kier molecular flexibility index (Phi) is 4.47. The van der Waals surface area contributed by atoms with E-state index in [0.717, 1.165) is 47.7 Å². The first kappa shape index (κ1) is 16.2. The molecule has 1 N–H and O–H groups in total. The number of benzene rings is 2. The summed E-state index contributed by atoms with van der Waals surface area (Å²) in [6, 6.07) is 15.8. The Hall–Kier alpha value is -2.30. The largest absolute Gasteiger partial charge is 0.369 e. The Bertz CT molecular complexity index is 879. The number of piperazine rings is 1. The van der Waals surface area contributed by atoms with Gasteiger partial charge in [-0.05, 0) is 48.5 Å². The molecular weight excluding hydrogens is 334 g/mol. The molecule has 0 saturated carbocycles. The Morgan fingerprint density at radius 2 is 1.76 bits per heavy atom. The summed E-state index contributed by atoms with van der Waals surface area (Å²) in [6.07, 6.45) is 1.90. The fraction of sp³-hybridized carbons (Fsp3) is 0.250. The fourth-order valence-corrected chi connectivity index (χ4v) is 3.46. The maximum Gasteiger partial charge on any atom is 0.176 e. The van der Waals surface area contributed by atoms with Gasteiger partial charge in [0.2, 0.25) is 0 Å². The van der Waals surface area contributed by atoms with Crippen LogP contribution in [0.15, 0.2) is 54.7 Å². The lowest BCUT2D eigenvalue weighted by atomic mass is 10.1. The van der Waals surface area contributed by atoms with E-state index in [1.54, 1.807) is 0 Å². The van der Waals surface area contributed by atoms with Gasteiger partial charge in [-0.3, -0.25) is 9.69 Å². The highest BCUT2D eigenvalue weighted by Gasteiger charge is 2.20. The van der Waals surface area contributed by atoms with Gasteiger partial charge in [0.1, 0.15) is 0 Å². The number of carbonyl (C=O) groups is 1. The van der Waals surface area contributed by atoms with Gasteiger partial charge in [-0.15, -0.1) is 0 Å². The lowest BCUT2D eigenvalue weighted by molar-refractivity contribution is 0.0926. The topological polar surface area (TPSA) is 39.3 Å². The van der Waals surface area contributed by atoms with Crippen LogP contribution in [0.5, 0.6) is 0 Å². The van der Waals surface area contributed by atoms with Crippen molar-refractivity contribution in [3.05, 3.63) is 65.3 Å². The van der Waals surface area contributed by atoms with Gasteiger partial charge in [0.15, 0.2) is 5.78 Å². The molecule has 0 bridgehead atoms. The number of H-pyrrole nitrogens is 1. The van der Waals surface area contributed by atoms with Crippen LogP contribution in [0.1, 0.15) is 10.4 Å². The maximum atomic E-state index is 12.6. The Morgan fingerprint density at radius 3 is 2.52 bits per heavy atom. The van der Waals surface area contributed by atoms with Crippen LogP contribution in [0, 0.1) is 0 Å². The molecule has 128 valence electrons. The van der Waals surface area contributed by atoms with Crippen LogP contribution in [-0.2, 0) is 0 Å². The summed E-state index contributed by atoms with van der Waals surface area (Å²) in [5.74, 6) is 0.183. The van der Waals surface area contributed by atoms with Gasteiger partial charge in [0.05, 0.1) is 6.54 Å². The smallest absolute Gasteiger partial charge is 0.176 e. The summed E-state index contributed by atoms with van der Waals surface area (Å²) < 4.78 is 0. The molecule has 1 aliphatic heterocycles. The second-order valence-electron chi connectivity index (χ2n) is 6.44. The number of ketones is 1. The third-order valence-corrected chi connectivity index (χ3v) is 5.06. The number of hydrogen-bond acceptors (Lipinski definition) is 3. The van der Waals surface area contributed by atoms with Crippen LogP contribution < -0.4 is 4.90 Å². The third kappa shape index (κ3) is 3.55. The summed E-state index contributed by atoms with van der Waals surface area (Å²) in [5, 5.41) is 1.84. The molecule has 1 aromatic heterocycles. The van der Waals surface area contributed by atoms with Crippen molar-refractivity contribution in [1.29, 1.82) is 0 Å². The van der Waals surface area contributed by atoms with Crippen molar-refractivity contribution in [2.24, 2.45) is 0 Å². The number of hydrogen-bond donors (Lipinski definition) is 1. The number of rotatable bonds is 4. The van der Waals surface area contributed by atoms with Crippen LogP contribution in [0.25, 0.3) is 10.9 Å². The highest BCUT2D eigenvalue weighted by molar-refractivity contribution is 6.30. The van der Waals surface area contributed by atoms with Gasteiger partial charge in [-0.2, -0.15) is 0 Å².